The fraction of sp³-hybridized carbons (Fsp3) is 0.222. The molecule has 0 atom stereocenters. The molecule has 3 aromatic heterocycles. The van der Waals surface area contributed by atoms with E-state index < -0.39 is 5.97 Å². The molecular weight excluding hydrogens is 398 g/mol. The van der Waals surface area contributed by atoms with Crippen molar-refractivity contribution in [2.45, 2.75) is 24.4 Å². The maximum absolute atomic E-state index is 12.2. The topological polar surface area (TPSA) is 120 Å². The maximum atomic E-state index is 12.2. The summed E-state index contributed by atoms with van der Waals surface area (Å²) >= 11 is 2.40. The van der Waals surface area contributed by atoms with E-state index in [1.807, 2.05) is 4.57 Å². The molecule has 0 aliphatic heterocycles. The van der Waals surface area contributed by atoms with Gasteiger partial charge in [0.05, 0.1) is 18.4 Å². The standard InChI is InChI=1S/C18H17N5O3S2/c1-3-7-23-16(13-6-5-8-26-13)21-22-18(23)27-10-12-11(9-19)15(20)28-14(12)17(24)25-4-2/h3,5-6,8H,1,4,7,10,20H2,2H3. The molecule has 0 bridgehead atoms. The molecule has 0 aromatic carbocycles. The number of nitrogens with two attached hydrogens (primary N) is 1. The van der Waals surface area contributed by atoms with Crippen molar-refractivity contribution >= 4 is 34.1 Å². The van der Waals surface area contributed by atoms with Crippen LogP contribution in [0.5, 0.6) is 0 Å². The number of nitrogens with zero attached hydrogens (tertiary/aromatic N) is 4. The van der Waals surface area contributed by atoms with E-state index >= 15 is 0 Å². The molecule has 0 radical (unpaired) electrons. The van der Waals surface area contributed by atoms with Crippen molar-refractivity contribution in [2.75, 3.05) is 12.3 Å². The summed E-state index contributed by atoms with van der Waals surface area (Å²) in [4.78, 5) is 12.6. The number of thiophene rings is 1. The number of nitrogen functional groups attached to an aromatic ring is 1. The van der Waals surface area contributed by atoms with E-state index in [0.29, 0.717) is 50.0 Å². The molecule has 0 fully saturated rings. The van der Waals surface area contributed by atoms with Crippen molar-refractivity contribution in [1.29, 1.82) is 5.26 Å². The number of ether oxygens (including phenoxy) is 1. The average molecular weight is 416 g/mol. The Balaban J connectivity index is 1.92. The highest BCUT2D eigenvalue weighted by Gasteiger charge is 2.24. The third kappa shape index (κ3) is 3.81. The van der Waals surface area contributed by atoms with Crippen molar-refractivity contribution in [1.82, 2.24) is 14.8 Å². The lowest BCUT2D eigenvalue weighted by molar-refractivity contribution is 0.0531. The number of hydrogen-bond donors (Lipinski definition) is 1. The number of hydrogen-bond acceptors (Lipinski definition) is 9. The summed E-state index contributed by atoms with van der Waals surface area (Å²) in [5.74, 6) is 0.993. The van der Waals surface area contributed by atoms with Crippen molar-refractivity contribution in [2.24, 2.45) is 0 Å². The van der Waals surface area contributed by atoms with Crippen LogP contribution in [0.3, 0.4) is 0 Å². The summed E-state index contributed by atoms with van der Waals surface area (Å²) in [6.07, 6.45) is 3.29. The summed E-state index contributed by atoms with van der Waals surface area (Å²) < 4.78 is 12.4. The second-order valence-corrected chi connectivity index (χ2v) is 7.45. The lowest BCUT2D eigenvalue weighted by atomic mass is 10.2. The fourth-order valence-corrected chi connectivity index (χ4v) is 4.52. The summed E-state index contributed by atoms with van der Waals surface area (Å²) in [5.41, 5.74) is 6.76. The second-order valence-electron chi connectivity index (χ2n) is 5.45. The highest BCUT2D eigenvalue weighted by atomic mass is 32.2. The van der Waals surface area contributed by atoms with Crippen molar-refractivity contribution in [3.63, 3.8) is 0 Å². The Kier molecular flexibility index (Phi) is 6.18. The van der Waals surface area contributed by atoms with Gasteiger partial charge in [0.2, 0.25) is 5.82 Å². The number of rotatable bonds is 8. The number of carbonyl (C=O) groups is 1. The van der Waals surface area contributed by atoms with Crippen LogP contribution < -0.4 is 5.73 Å². The Morgan fingerprint density at radius 2 is 2.39 bits per heavy atom. The Morgan fingerprint density at radius 3 is 3.04 bits per heavy atom. The van der Waals surface area contributed by atoms with Crippen molar-refractivity contribution in [3.05, 3.63) is 47.1 Å². The third-order valence-corrected chi connectivity index (χ3v) is 5.76. The van der Waals surface area contributed by atoms with Gasteiger partial charge in [0, 0.05) is 17.9 Å². The molecule has 0 spiro atoms. The smallest absolute Gasteiger partial charge is 0.348 e. The van der Waals surface area contributed by atoms with Crippen LogP contribution in [-0.4, -0.2) is 27.3 Å². The minimum absolute atomic E-state index is 0.241. The van der Waals surface area contributed by atoms with Crippen LogP contribution in [0.25, 0.3) is 11.6 Å². The number of allylic oxidation sites excluding steroid dienone is 1. The van der Waals surface area contributed by atoms with E-state index in [-0.39, 0.29) is 6.61 Å². The largest absolute Gasteiger partial charge is 0.462 e. The first kappa shape index (κ1) is 19.7. The van der Waals surface area contributed by atoms with E-state index in [1.54, 1.807) is 31.4 Å². The lowest BCUT2D eigenvalue weighted by Gasteiger charge is -2.07. The minimum atomic E-state index is -0.486. The summed E-state index contributed by atoms with van der Waals surface area (Å²) in [6.45, 7) is 6.22. The molecule has 2 N–H and O–H groups in total. The average Bonchev–Trinajstić information content (AvgIpc) is 3.39. The van der Waals surface area contributed by atoms with E-state index in [2.05, 4.69) is 22.8 Å². The summed E-state index contributed by atoms with van der Waals surface area (Å²) in [7, 11) is 0. The van der Waals surface area contributed by atoms with Crippen LogP contribution in [0.1, 0.15) is 27.7 Å². The quantitative estimate of drug-likeness (QED) is 0.336. The maximum Gasteiger partial charge on any atom is 0.348 e. The van der Waals surface area contributed by atoms with Gasteiger partial charge in [-0.05, 0) is 19.1 Å². The van der Waals surface area contributed by atoms with Gasteiger partial charge in [0.1, 0.15) is 15.9 Å². The normalized spacial score (nSPS) is 10.6. The molecule has 28 heavy (non-hydrogen) atoms. The first-order valence-electron chi connectivity index (χ1n) is 8.29. The fourth-order valence-electron chi connectivity index (χ4n) is 2.52. The Labute approximate surface area is 169 Å². The Morgan fingerprint density at radius 1 is 1.57 bits per heavy atom. The van der Waals surface area contributed by atoms with Crippen LogP contribution in [0.2, 0.25) is 0 Å². The van der Waals surface area contributed by atoms with Gasteiger partial charge in [0.25, 0.3) is 0 Å². The zero-order chi connectivity index (χ0) is 20.1. The van der Waals surface area contributed by atoms with Gasteiger partial charge < -0.3 is 14.9 Å². The number of carbonyl (C=O) groups excluding carboxylic acids is 1. The van der Waals surface area contributed by atoms with Crippen LogP contribution in [0.4, 0.5) is 5.00 Å². The van der Waals surface area contributed by atoms with Gasteiger partial charge in [-0.15, -0.1) is 28.1 Å². The summed E-state index contributed by atoms with van der Waals surface area (Å²) in [6, 6.07) is 5.64. The zero-order valence-electron chi connectivity index (χ0n) is 15.0. The van der Waals surface area contributed by atoms with Crippen molar-refractivity contribution < 1.29 is 13.9 Å². The van der Waals surface area contributed by atoms with Gasteiger partial charge in [-0.1, -0.05) is 17.8 Å². The third-order valence-electron chi connectivity index (χ3n) is 3.72. The first-order valence-corrected chi connectivity index (χ1v) is 10.1. The Hall–Kier alpha value is -3.03. The minimum Gasteiger partial charge on any atom is -0.462 e. The number of esters is 1. The Bertz CT molecular complexity index is 1030. The number of nitriles is 1. The SMILES string of the molecule is C=CCn1c(SCc2c(C(=O)OCC)sc(N)c2C#N)nnc1-c1ccco1. The number of anilines is 1. The molecule has 0 unspecified atom stereocenters. The molecule has 10 heteroatoms. The van der Waals surface area contributed by atoms with E-state index in [9.17, 15) is 10.1 Å². The van der Waals surface area contributed by atoms with Gasteiger partial charge in [0.15, 0.2) is 10.9 Å². The lowest BCUT2D eigenvalue weighted by Crippen LogP contribution is -2.06. The molecule has 0 saturated carbocycles. The highest BCUT2D eigenvalue weighted by molar-refractivity contribution is 7.98. The molecule has 3 heterocycles. The number of aromatic nitrogens is 3. The molecular formula is C18H17N5O3S2. The van der Waals surface area contributed by atoms with Gasteiger partial charge in [-0.3, -0.25) is 4.57 Å². The highest BCUT2D eigenvalue weighted by Crippen LogP contribution is 2.36. The number of furan rings is 1. The zero-order valence-corrected chi connectivity index (χ0v) is 16.7. The van der Waals surface area contributed by atoms with Crippen LogP contribution >= 0.6 is 23.1 Å². The second kappa shape index (κ2) is 8.77. The molecule has 0 amide bonds. The molecule has 0 aliphatic rings. The van der Waals surface area contributed by atoms with Crippen molar-refractivity contribution in [3.8, 4) is 17.7 Å². The molecule has 0 aliphatic carbocycles. The summed E-state index contributed by atoms with van der Waals surface area (Å²) in [5, 5.41) is 18.8. The van der Waals surface area contributed by atoms with Crippen LogP contribution in [0.15, 0.2) is 40.6 Å². The predicted molar refractivity (Wildman–Crippen MR) is 107 cm³/mol. The van der Waals surface area contributed by atoms with E-state index in [1.165, 1.54) is 11.8 Å². The first-order chi connectivity index (χ1) is 13.6. The van der Waals surface area contributed by atoms with E-state index in [4.69, 9.17) is 14.9 Å². The molecule has 144 valence electrons. The monoisotopic (exact) mass is 415 g/mol. The number of thioether (sulfide) groups is 1. The van der Waals surface area contributed by atoms with Crippen LogP contribution in [0, 0.1) is 11.3 Å². The molecule has 0 saturated heterocycles. The van der Waals surface area contributed by atoms with Crippen LogP contribution in [-0.2, 0) is 17.0 Å². The predicted octanol–water partition coefficient (Wildman–Crippen LogP) is 3.71. The van der Waals surface area contributed by atoms with Gasteiger partial charge in [-0.25, -0.2) is 4.79 Å². The molecule has 3 aromatic rings. The van der Waals surface area contributed by atoms with E-state index in [0.717, 1.165) is 11.3 Å². The van der Waals surface area contributed by atoms with Gasteiger partial charge in [-0.2, -0.15) is 5.26 Å². The molecule has 3 rings (SSSR count). The van der Waals surface area contributed by atoms with Gasteiger partial charge >= 0.3 is 5.97 Å². The molecule has 8 nitrogen and oxygen atoms in total.